The summed E-state index contributed by atoms with van der Waals surface area (Å²) in [5.74, 6) is 0.637. The predicted octanol–water partition coefficient (Wildman–Crippen LogP) is 3.76. The quantitative estimate of drug-likeness (QED) is 0.168. The zero-order chi connectivity index (χ0) is 28.3. The minimum Gasteiger partial charge on any atom is -0.383 e. The Hall–Kier alpha value is -3.64. The molecule has 1 heterocycles. The van der Waals surface area contributed by atoms with Crippen LogP contribution in [0.1, 0.15) is 37.6 Å². The van der Waals surface area contributed by atoms with E-state index in [1.807, 2.05) is 30.3 Å². The number of nitrogens with zero attached hydrogens (tertiary/aromatic N) is 2. The average molecular weight is 571 g/mol. The minimum absolute atomic E-state index is 0.0346. The van der Waals surface area contributed by atoms with Gasteiger partial charge in [-0.1, -0.05) is 32.0 Å². The number of sulfonamides is 1. The monoisotopic (exact) mass is 570 g/mol. The molecule has 4 N–H and O–H groups in total. The molecule has 1 atom stereocenters. The highest BCUT2D eigenvalue weighted by Gasteiger charge is 2.20. The van der Waals surface area contributed by atoms with Gasteiger partial charge in [0.25, 0.3) is 15.9 Å². The van der Waals surface area contributed by atoms with Crippen molar-refractivity contribution in [3.05, 3.63) is 72.6 Å². The number of thioether (sulfide) groups is 1. The molecule has 0 fully saturated rings. The molecule has 0 aliphatic carbocycles. The molecule has 3 rings (SSSR count). The van der Waals surface area contributed by atoms with Crippen LogP contribution in [0.25, 0.3) is 0 Å². The van der Waals surface area contributed by atoms with Crippen molar-refractivity contribution in [1.29, 1.82) is 0 Å². The molecule has 3 aromatic rings. The SMILES string of the molecule is CC(=O)NC(CNc1ccc(C(=O)NS(=O)(=O)c2cnc(NCCSc3ccccc3)nc2)cc1)CC(C)C. The van der Waals surface area contributed by atoms with Gasteiger partial charge in [-0.3, -0.25) is 9.59 Å². The molecular weight excluding hydrogens is 536 g/mol. The molecule has 1 unspecified atom stereocenters. The van der Waals surface area contributed by atoms with Crippen LogP contribution < -0.4 is 20.7 Å². The minimum atomic E-state index is -4.15. The number of benzene rings is 2. The van der Waals surface area contributed by atoms with E-state index in [9.17, 15) is 18.0 Å². The Morgan fingerprint density at radius 1 is 0.949 bits per heavy atom. The maximum Gasteiger partial charge on any atom is 0.267 e. The third-order valence-electron chi connectivity index (χ3n) is 5.43. The van der Waals surface area contributed by atoms with Crippen molar-refractivity contribution in [3.8, 4) is 0 Å². The molecular formula is C27H34N6O4S2. The maximum atomic E-state index is 12.7. The zero-order valence-corrected chi connectivity index (χ0v) is 23.8. The molecule has 0 aliphatic heterocycles. The lowest BCUT2D eigenvalue weighted by atomic mass is 10.0. The Labute approximate surface area is 233 Å². The Bertz CT molecular complexity index is 1320. The first-order chi connectivity index (χ1) is 18.6. The van der Waals surface area contributed by atoms with E-state index in [0.29, 0.717) is 25.0 Å². The molecule has 0 saturated heterocycles. The molecule has 208 valence electrons. The first kappa shape index (κ1) is 29.9. The third-order valence-corrected chi connectivity index (χ3v) is 7.72. The van der Waals surface area contributed by atoms with Gasteiger partial charge in [-0.15, -0.1) is 11.8 Å². The second-order valence-corrected chi connectivity index (χ2v) is 12.1. The lowest BCUT2D eigenvalue weighted by Gasteiger charge is -2.21. The fraction of sp³-hybridized carbons (Fsp3) is 0.333. The summed E-state index contributed by atoms with van der Waals surface area (Å²) in [5.41, 5.74) is 0.923. The molecule has 0 radical (unpaired) electrons. The number of nitrogens with one attached hydrogen (secondary N) is 4. The molecule has 0 aliphatic rings. The van der Waals surface area contributed by atoms with Crippen LogP contribution in [0.3, 0.4) is 0 Å². The highest BCUT2D eigenvalue weighted by molar-refractivity contribution is 7.99. The van der Waals surface area contributed by atoms with Gasteiger partial charge in [0.15, 0.2) is 0 Å². The van der Waals surface area contributed by atoms with Crippen molar-refractivity contribution in [3.63, 3.8) is 0 Å². The molecule has 1 aromatic heterocycles. The molecule has 39 heavy (non-hydrogen) atoms. The first-order valence-corrected chi connectivity index (χ1v) is 15.0. The van der Waals surface area contributed by atoms with Crippen LogP contribution in [0.4, 0.5) is 11.6 Å². The van der Waals surface area contributed by atoms with Gasteiger partial charge in [0.2, 0.25) is 11.9 Å². The fourth-order valence-electron chi connectivity index (χ4n) is 3.66. The summed E-state index contributed by atoms with van der Waals surface area (Å²) >= 11 is 1.68. The highest BCUT2D eigenvalue weighted by Crippen LogP contribution is 2.17. The lowest BCUT2D eigenvalue weighted by molar-refractivity contribution is -0.119. The molecule has 0 saturated carbocycles. The van der Waals surface area contributed by atoms with E-state index in [-0.39, 0.29) is 22.4 Å². The van der Waals surface area contributed by atoms with Gasteiger partial charge >= 0.3 is 0 Å². The largest absolute Gasteiger partial charge is 0.383 e. The normalized spacial score (nSPS) is 12.0. The van der Waals surface area contributed by atoms with Crippen molar-refractivity contribution in [2.75, 3.05) is 29.5 Å². The second-order valence-electron chi connectivity index (χ2n) is 9.25. The summed E-state index contributed by atoms with van der Waals surface area (Å²) in [6.45, 7) is 6.77. The van der Waals surface area contributed by atoms with Gasteiger partial charge in [0.05, 0.1) is 12.4 Å². The van der Waals surface area contributed by atoms with Gasteiger partial charge in [0, 0.05) is 48.0 Å². The Kier molecular flexibility index (Phi) is 11.1. The summed E-state index contributed by atoms with van der Waals surface area (Å²) in [7, 11) is -4.15. The van der Waals surface area contributed by atoms with Crippen LogP contribution in [0.2, 0.25) is 0 Å². The first-order valence-electron chi connectivity index (χ1n) is 12.5. The number of carbonyl (C=O) groups excluding carboxylic acids is 2. The van der Waals surface area contributed by atoms with Crippen LogP contribution in [0, 0.1) is 5.92 Å². The molecule has 12 heteroatoms. The average Bonchev–Trinajstić information content (AvgIpc) is 2.90. The van der Waals surface area contributed by atoms with Crippen LogP contribution in [0.5, 0.6) is 0 Å². The topological polar surface area (TPSA) is 142 Å². The van der Waals surface area contributed by atoms with Crippen LogP contribution >= 0.6 is 11.8 Å². The Morgan fingerprint density at radius 3 is 2.23 bits per heavy atom. The van der Waals surface area contributed by atoms with Gasteiger partial charge < -0.3 is 16.0 Å². The van der Waals surface area contributed by atoms with E-state index in [0.717, 1.165) is 35.2 Å². The summed E-state index contributed by atoms with van der Waals surface area (Å²) in [6, 6.07) is 16.4. The molecule has 0 spiro atoms. The van der Waals surface area contributed by atoms with Gasteiger partial charge in [-0.05, 0) is 48.7 Å². The maximum absolute atomic E-state index is 12.7. The second kappa shape index (κ2) is 14.5. The molecule has 2 amide bonds. The summed E-state index contributed by atoms with van der Waals surface area (Å²) < 4.78 is 27.4. The number of anilines is 2. The number of amides is 2. The standard InChI is InChI=1S/C27H34N6O4S2/c1-19(2)15-23(32-20(3)34)16-29-22-11-9-21(10-12-22)26(35)33-39(36,37)25-17-30-27(31-18-25)28-13-14-38-24-7-5-4-6-8-24/h4-12,17-19,23,29H,13-16H2,1-3H3,(H,32,34)(H,33,35)(H,28,30,31). The van der Waals surface area contributed by atoms with E-state index in [1.165, 1.54) is 19.1 Å². The molecule has 10 nitrogen and oxygen atoms in total. The van der Waals surface area contributed by atoms with Gasteiger partial charge in [-0.2, -0.15) is 0 Å². The number of hydrogen-bond donors (Lipinski definition) is 4. The number of rotatable bonds is 14. The van der Waals surface area contributed by atoms with Crippen LogP contribution in [-0.2, 0) is 14.8 Å². The smallest absolute Gasteiger partial charge is 0.267 e. The number of carbonyl (C=O) groups is 2. The number of hydrogen-bond acceptors (Lipinski definition) is 9. The Morgan fingerprint density at radius 2 is 1.62 bits per heavy atom. The Balaban J connectivity index is 1.50. The van der Waals surface area contributed by atoms with E-state index >= 15 is 0 Å². The van der Waals surface area contributed by atoms with Gasteiger partial charge in [-0.25, -0.2) is 23.1 Å². The summed E-state index contributed by atoms with van der Waals surface area (Å²) in [4.78, 5) is 33.1. The van der Waals surface area contributed by atoms with Crippen molar-refractivity contribution in [2.45, 2.75) is 43.0 Å². The highest BCUT2D eigenvalue weighted by atomic mass is 32.2. The van der Waals surface area contributed by atoms with Crippen LogP contribution in [-0.4, -0.2) is 55.1 Å². The number of aromatic nitrogens is 2. The van der Waals surface area contributed by atoms with E-state index in [4.69, 9.17) is 0 Å². The molecule has 2 aromatic carbocycles. The predicted molar refractivity (Wildman–Crippen MR) is 154 cm³/mol. The third kappa shape index (κ3) is 10.2. The van der Waals surface area contributed by atoms with Crippen LogP contribution in [0.15, 0.2) is 76.8 Å². The summed E-state index contributed by atoms with van der Waals surface area (Å²) in [6.07, 6.45) is 3.13. The molecule has 0 bridgehead atoms. The van der Waals surface area contributed by atoms with E-state index < -0.39 is 15.9 Å². The van der Waals surface area contributed by atoms with Crippen molar-refractivity contribution in [1.82, 2.24) is 20.0 Å². The van der Waals surface area contributed by atoms with E-state index in [1.54, 1.807) is 23.9 Å². The fourth-order valence-corrected chi connectivity index (χ4v) is 5.32. The zero-order valence-electron chi connectivity index (χ0n) is 22.2. The van der Waals surface area contributed by atoms with Crippen molar-refractivity contribution < 1.29 is 18.0 Å². The van der Waals surface area contributed by atoms with Gasteiger partial charge in [0.1, 0.15) is 4.90 Å². The van der Waals surface area contributed by atoms with Crippen molar-refractivity contribution in [2.24, 2.45) is 5.92 Å². The van der Waals surface area contributed by atoms with E-state index in [2.05, 4.69) is 44.5 Å². The summed E-state index contributed by atoms with van der Waals surface area (Å²) in [5, 5.41) is 9.22. The lowest BCUT2D eigenvalue weighted by Crippen LogP contribution is -2.39. The van der Waals surface area contributed by atoms with Crippen molar-refractivity contribution >= 4 is 45.2 Å².